The van der Waals surface area contributed by atoms with Crippen LogP contribution in [-0.2, 0) is 32.9 Å². The molecule has 0 aliphatic heterocycles. The molecule has 9 nitrogen and oxygen atoms in total. The smallest absolute Gasteiger partial charge is 0.462 e. The molecule has 0 heterocycles. The molecule has 0 spiro atoms. The van der Waals surface area contributed by atoms with Gasteiger partial charge in [-0.05, 0) is 50.5 Å². The number of unbranched alkanes of at least 4 members (excludes halogenated alkanes) is 8. The Morgan fingerprint density at radius 3 is 2.04 bits per heavy atom. The first-order chi connectivity index (χ1) is 22.1. The number of phosphoric ester groups is 1. The van der Waals surface area contributed by atoms with Crippen LogP contribution in [0.3, 0.4) is 0 Å². The molecule has 0 saturated carbocycles. The van der Waals surface area contributed by atoms with E-state index in [1.54, 1.807) is 12.2 Å². The largest absolute Gasteiger partial charge is 0.469 e. The zero-order chi connectivity index (χ0) is 34.3. The van der Waals surface area contributed by atoms with Crippen LogP contribution in [0.4, 0.5) is 0 Å². The number of hydrogen-bond donors (Lipinski definition) is 2. The van der Waals surface area contributed by atoms with Gasteiger partial charge in [0, 0.05) is 19.3 Å². The Hall–Kier alpha value is -2.32. The number of ketones is 1. The number of carbonyl (C=O) groups excluding carboxylic acids is 3. The highest BCUT2D eigenvalue weighted by molar-refractivity contribution is 7.46. The van der Waals surface area contributed by atoms with Crippen LogP contribution in [0.25, 0.3) is 0 Å². The van der Waals surface area contributed by atoms with E-state index in [-0.39, 0.29) is 25.2 Å². The van der Waals surface area contributed by atoms with E-state index in [2.05, 4.69) is 25.3 Å². The quantitative estimate of drug-likeness (QED) is 0.0192. The minimum absolute atomic E-state index is 0.164. The summed E-state index contributed by atoms with van der Waals surface area (Å²) in [6.07, 6.45) is 29.8. The van der Waals surface area contributed by atoms with Crippen LogP contribution in [0.2, 0.25) is 0 Å². The van der Waals surface area contributed by atoms with Crippen LogP contribution in [0.15, 0.2) is 48.6 Å². The number of carbonyl (C=O) groups is 3. The molecule has 0 aromatic carbocycles. The lowest BCUT2D eigenvalue weighted by Crippen LogP contribution is -2.29. The maximum absolute atomic E-state index is 12.3. The number of allylic oxidation sites excluding steroid dienone is 8. The third-order valence-corrected chi connectivity index (χ3v) is 7.85. The number of ether oxygens (including phenoxy) is 2. The van der Waals surface area contributed by atoms with E-state index < -0.39 is 32.5 Å². The zero-order valence-electron chi connectivity index (χ0n) is 28.6. The molecule has 46 heavy (non-hydrogen) atoms. The van der Waals surface area contributed by atoms with E-state index in [1.807, 2.05) is 36.5 Å². The summed E-state index contributed by atoms with van der Waals surface area (Å²) in [4.78, 5) is 54.1. The molecule has 0 aliphatic rings. The van der Waals surface area contributed by atoms with Gasteiger partial charge in [0.2, 0.25) is 0 Å². The van der Waals surface area contributed by atoms with Crippen LogP contribution in [0, 0.1) is 5.92 Å². The Kier molecular flexibility index (Phi) is 28.5. The summed E-state index contributed by atoms with van der Waals surface area (Å²) in [6, 6.07) is 0. The van der Waals surface area contributed by atoms with Gasteiger partial charge in [-0.3, -0.25) is 18.9 Å². The van der Waals surface area contributed by atoms with Gasteiger partial charge in [0.25, 0.3) is 0 Å². The first-order valence-corrected chi connectivity index (χ1v) is 18.8. The predicted octanol–water partition coefficient (Wildman–Crippen LogP) is 9.04. The van der Waals surface area contributed by atoms with E-state index in [1.165, 1.54) is 25.7 Å². The maximum atomic E-state index is 12.3. The first-order valence-electron chi connectivity index (χ1n) is 17.3. The predicted molar refractivity (Wildman–Crippen MR) is 184 cm³/mol. The molecule has 0 radical (unpaired) electrons. The molecule has 0 amide bonds. The molecular formula is C36H61O9P. The average molecular weight is 669 g/mol. The molecule has 0 fully saturated rings. The minimum atomic E-state index is -4.77. The van der Waals surface area contributed by atoms with Crippen molar-refractivity contribution in [2.24, 2.45) is 5.92 Å². The van der Waals surface area contributed by atoms with Gasteiger partial charge >= 0.3 is 19.8 Å². The van der Waals surface area contributed by atoms with Crippen molar-refractivity contribution >= 4 is 25.5 Å². The summed E-state index contributed by atoms with van der Waals surface area (Å²) in [7, 11) is -4.77. The van der Waals surface area contributed by atoms with Crippen molar-refractivity contribution < 1.29 is 42.7 Å². The minimum Gasteiger partial charge on any atom is -0.462 e. The molecule has 0 saturated heterocycles. The Bertz CT molecular complexity index is 965. The topological polar surface area (TPSA) is 136 Å². The summed E-state index contributed by atoms with van der Waals surface area (Å²) in [5.74, 6) is -0.0598. The van der Waals surface area contributed by atoms with Crippen LogP contribution >= 0.6 is 7.82 Å². The second kappa shape index (κ2) is 30.0. The number of esters is 2. The Balaban J connectivity index is 4.18. The molecule has 264 valence electrons. The van der Waals surface area contributed by atoms with Gasteiger partial charge in [-0.25, -0.2) is 4.57 Å². The van der Waals surface area contributed by atoms with Gasteiger partial charge in [0.05, 0.1) is 6.61 Å². The van der Waals surface area contributed by atoms with Crippen molar-refractivity contribution in [1.82, 2.24) is 0 Å². The molecule has 0 aliphatic carbocycles. The summed E-state index contributed by atoms with van der Waals surface area (Å²) >= 11 is 0. The SMILES string of the molecule is CCCCCC(=O)/C=C/C=C\C/C=C\C/C=C\CCCC(=O)OC[C@H](COP(=O)(O)O)OC(=O)CCCCCCCCC(C)CC. The summed E-state index contributed by atoms with van der Waals surface area (Å²) < 4.78 is 26.1. The lowest BCUT2D eigenvalue weighted by Gasteiger charge is -2.18. The average Bonchev–Trinajstić information content (AvgIpc) is 3.01. The third-order valence-electron chi connectivity index (χ3n) is 7.37. The van der Waals surface area contributed by atoms with E-state index in [9.17, 15) is 18.9 Å². The lowest BCUT2D eigenvalue weighted by molar-refractivity contribution is -0.161. The van der Waals surface area contributed by atoms with Crippen LogP contribution < -0.4 is 0 Å². The molecule has 10 heteroatoms. The van der Waals surface area contributed by atoms with Gasteiger partial charge in [0.1, 0.15) is 6.61 Å². The Morgan fingerprint density at radius 2 is 1.35 bits per heavy atom. The van der Waals surface area contributed by atoms with Crippen molar-refractivity contribution in [2.75, 3.05) is 13.2 Å². The van der Waals surface area contributed by atoms with E-state index in [0.29, 0.717) is 25.7 Å². The number of phosphoric acid groups is 1. The van der Waals surface area contributed by atoms with Gasteiger partial charge in [-0.1, -0.05) is 121 Å². The fraction of sp³-hybridized carbons (Fsp3) is 0.694. The highest BCUT2D eigenvalue weighted by Crippen LogP contribution is 2.35. The van der Waals surface area contributed by atoms with Crippen molar-refractivity contribution in [3.63, 3.8) is 0 Å². The molecule has 2 atom stereocenters. The Morgan fingerprint density at radius 1 is 0.717 bits per heavy atom. The molecule has 2 N–H and O–H groups in total. The van der Waals surface area contributed by atoms with Gasteiger partial charge in [-0.2, -0.15) is 0 Å². The third kappa shape index (κ3) is 31.7. The maximum Gasteiger partial charge on any atom is 0.469 e. The van der Waals surface area contributed by atoms with Crippen LogP contribution in [-0.4, -0.2) is 46.8 Å². The molecule has 0 aromatic rings. The molecule has 1 unspecified atom stereocenters. The molecule has 0 bridgehead atoms. The van der Waals surface area contributed by atoms with Crippen LogP contribution in [0.1, 0.15) is 136 Å². The fourth-order valence-corrected chi connectivity index (χ4v) is 4.71. The summed E-state index contributed by atoms with van der Waals surface area (Å²) in [5.41, 5.74) is 0. The van der Waals surface area contributed by atoms with E-state index in [0.717, 1.165) is 57.3 Å². The standard InChI is InChI=1S/C36H61O9P/c1-4-6-20-26-33(37)27-22-17-12-10-8-7-9-11-13-18-23-28-35(38)43-30-34(31-44-46(40,41)42)45-36(39)29-24-19-15-14-16-21-25-32(3)5-2/h7-8,11-13,17,22,27,32,34H,4-6,9-10,14-16,18-21,23-26,28-31H2,1-3H3,(H2,40,41,42)/b8-7-,13-11-,17-12-,27-22+/t32?,34-/m1/s1. The monoisotopic (exact) mass is 668 g/mol. The van der Waals surface area contributed by atoms with E-state index >= 15 is 0 Å². The molecule has 0 rings (SSSR count). The van der Waals surface area contributed by atoms with Crippen molar-refractivity contribution in [3.8, 4) is 0 Å². The Labute approximate surface area is 278 Å². The summed E-state index contributed by atoms with van der Waals surface area (Å²) in [6.45, 7) is 5.70. The van der Waals surface area contributed by atoms with Crippen molar-refractivity contribution in [2.45, 2.75) is 142 Å². The van der Waals surface area contributed by atoms with E-state index in [4.69, 9.17) is 19.3 Å². The van der Waals surface area contributed by atoms with Crippen molar-refractivity contribution in [3.05, 3.63) is 48.6 Å². The van der Waals surface area contributed by atoms with Crippen molar-refractivity contribution in [1.29, 1.82) is 0 Å². The van der Waals surface area contributed by atoms with Gasteiger partial charge in [0.15, 0.2) is 11.9 Å². The highest BCUT2D eigenvalue weighted by atomic mass is 31.2. The molecular weight excluding hydrogens is 607 g/mol. The van der Waals surface area contributed by atoms with Gasteiger partial charge < -0.3 is 19.3 Å². The lowest BCUT2D eigenvalue weighted by atomic mass is 10.00. The highest BCUT2D eigenvalue weighted by Gasteiger charge is 2.22. The van der Waals surface area contributed by atoms with Gasteiger partial charge in [-0.15, -0.1) is 0 Å². The first kappa shape index (κ1) is 43.7. The van der Waals surface area contributed by atoms with Crippen LogP contribution in [0.5, 0.6) is 0 Å². The number of rotatable bonds is 30. The second-order valence-electron chi connectivity index (χ2n) is 11.8. The zero-order valence-corrected chi connectivity index (χ0v) is 29.5. The number of hydrogen-bond acceptors (Lipinski definition) is 7. The summed E-state index contributed by atoms with van der Waals surface area (Å²) in [5, 5.41) is 0. The fourth-order valence-electron chi connectivity index (χ4n) is 4.35. The normalized spacial score (nSPS) is 13.7. The molecule has 0 aromatic heterocycles. The second-order valence-corrected chi connectivity index (χ2v) is 13.0.